The number of ether oxygens (including phenoxy) is 1. The van der Waals surface area contributed by atoms with Crippen molar-refractivity contribution in [3.8, 4) is 5.75 Å². The molecule has 0 aliphatic heterocycles. The lowest BCUT2D eigenvalue weighted by Crippen LogP contribution is -2.34. The third-order valence-electron chi connectivity index (χ3n) is 1.70. The molecule has 16 heavy (non-hydrogen) atoms. The van der Waals surface area contributed by atoms with Gasteiger partial charge in [-0.1, -0.05) is 27.5 Å². The highest BCUT2D eigenvalue weighted by Crippen LogP contribution is 2.27. The summed E-state index contributed by atoms with van der Waals surface area (Å²) in [6.07, 6.45) is 0. The van der Waals surface area contributed by atoms with E-state index in [-0.39, 0.29) is 18.6 Å². The highest BCUT2D eigenvalue weighted by atomic mass is 79.9. The van der Waals surface area contributed by atoms with Gasteiger partial charge in [0.2, 0.25) is 0 Å². The van der Waals surface area contributed by atoms with Gasteiger partial charge in [0.25, 0.3) is 5.91 Å². The van der Waals surface area contributed by atoms with Gasteiger partial charge in [-0.3, -0.25) is 4.79 Å². The van der Waals surface area contributed by atoms with Gasteiger partial charge in [0.05, 0.1) is 5.02 Å². The zero-order chi connectivity index (χ0) is 12.1. The second kappa shape index (κ2) is 6.11. The van der Waals surface area contributed by atoms with E-state index in [2.05, 4.69) is 21.2 Å². The van der Waals surface area contributed by atoms with Crippen LogP contribution in [0.3, 0.4) is 0 Å². The van der Waals surface area contributed by atoms with Crippen molar-refractivity contribution in [1.29, 1.82) is 0 Å². The second-order valence-electron chi connectivity index (χ2n) is 3.59. The van der Waals surface area contributed by atoms with Crippen LogP contribution in [0.25, 0.3) is 0 Å². The van der Waals surface area contributed by atoms with Gasteiger partial charge < -0.3 is 10.1 Å². The summed E-state index contributed by atoms with van der Waals surface area (Å²) in [6, 6.07) is 5.35. The van der Waals surface area contributed by atoms with Crippen molar-refractivity contribution < 1.29 is 9.53 Å². The molecule has 0 unspecified atom stereocenters. The number of carbonyl (C=O) groups is 1. The molecule has 0 saturated carbocycles. The third kappa shape index (κ3) is 4.41. The topological polar surface area (TPSA) is 38.3 Å². The van der Waals surface area contributed by atoms with Crippen LogP contribution >= 0.6 is 27.5 Å². The van der Waals surface area contributed by atoms with Crippen LogP contribution in [0.4, 0.5) is 0 Å². The lowest BCUT2D eigenvalue weighted by Gasteiger charge is -2.10. The lowest BCUT2D eigenvalue weighted by molar-refractivity contribution is -0.123. The Labute approximate surface area is 108 Å². The first-order valence-electron chi connectivity index (χ1n) is 4.86. The number of benzene rings is 1. The average molecular weight is 307 g/mol. The number of hydrogen-bond donors (Lipinski definition) is 1. The molecule has 0 atom stereocenters. The van der Waals surface area contributed by atoms with Crippen LogP contribution in [-0.2, 0) is 4.79 Å². The standard InChI is InChI=1S/C11H13BrClNO2/c1-7(2)14-11(15)6-16-10-5-8(12)3-4-9(10)13/h3-5,7H,6H2,1-2H3,(H,14,15). The van der Waals surface area contributed by atoms with Crippen LogP contribution in [0, 0.1) is 0 Å². The van der Waals surface area contributed by atoms with Crippen molar-refractivity contribution in [1.82, 2.24) is 5.32 Å². The molecule has 5 heteroatoms. The third-order valence-corrected chi connectivity index (χ3v) is 2.51. The molecule has 1 aromatic rings. The summed E-state index contributed by atoms with van der Waals surface area (Å²) in [5, 5.41) is 3.21. The maximum Gasteiger partial charge on any atom is 0.258 e. The van der Waals surface area contributed by atoms with E-state index < -0.39 is 0 Å². The van der Waals surface area contributed by atoms with Crippen LogP contribution < -0.4 is 10.1 Å². The zero-order valence-corrected chi connectivity index (χ0v) is 11.4. The van der Waals surface area contributed by atoms with Crippen LogP contribution in [-0.4, -0.2) is 18.6 Å². The molecule has 1 N–H and O–H groups in total. The Bertz CT molecular complexity index is 382. The van der Waals surface area contributed by atoms with Gasteiger partial charge in [-0.05, 0) is 32.0 Å². The molecule has 3 nitrogen and oxygen atoms in total. The van der Waals surface area contributed by atoms with E-state index in [1.165, 1.54) is 0 Å². The monoisotopic (exact) mass is 305 g/mol. The van der Waals surface area contributed by atoms with E-state index in [4.69, 9.17) is 16.3 Å². The molecule has 0 radical (unpaired) electrons. The van der Waals surface area contributed by atoms with Gasteiger partial charge in [0, 0.05) is 10.5 Å². The summed E-state index contributed by atoms with van der Waals surface area (Å²) in [7, 11) is 0. The summed E-state index contributed by atoms with van der Waals surface area (Å²) in [5.74, 6) is 0.334. The molecular formula is C11H13BrClNO2. The van der Waals surface area contributed by atoms with Crippen molar-refractivity contribution in [3.63, 3.8) is 0 Å². The predicted octanol–water partition coefficient (Wildman–Crippen LogP) is 3.01. The predicted molar refractivity (Wildman–Crippen MR) is 67.9 cm³/mol. The quantitative estimate of drug-likeness (QED) is 0.928. The minimum Gasteiger partial charge on any atom is -0.482 e. The minimum absolute atomic E-state index is 0.0334. The van der Waals surface area contributed by atoms with Gasteiger partial charge in [-0.2, -0.15) is 0 Å². The molecule has 0 aromatic heterocycles. The van der Waals surface area contributed by atoms with Crippen molar-refractivity contribution in [2.75, 3.05) is 6.61 Å². The smallest absolute Gasteiger partial charge is 0.258 e. The molecule has 0 saturated heterocycles. The zero-order valence-electron chi connectivity index (χ0n) is 9.09. The van der Waals surface area contributed by atoms with E-state index in [0.29, 0.717) is 10.8 Å². The number of amides is 1. The van der Waals surface area contributed by atoms with Gasteiger partial charge >= 0.3 is 0 Å². The molecule has 1 amide bonds. The number of hydrogen-bond acceptors (Lipinski definition) is 2. The SMILES string of the molecule is CC(C)NC(=O)COc1cc(Br)ccc1Cl. The Morgan fingerprint density at radius 3 is 2.88 bits per heavy atom. The number of nitrogens with one attached hydrogen (secondary N) is 1. The summed E-state index contributed by atoms with van der Waals surface area (Å²) in [4.78, 5) is 11.3. The lowest BCUT2D eigenvalue weighted by atomic mass is 10.3. The van der Waals surface area contributed by atoms with Crippen molar-refractivity contribution in [2.24, 2.45) is 0 Å². The molecule has 0 fully saturated rings. The van der Waals surface area contributed by atoms with E-state index in [9.17, 15) is 4.79 Å². The van der Waals surface area contributed by atoms with Crippen LogP contribution in [0.5, 0.6) is 5.75 Å². The molecule has 0 aliphatic carbocycles. The largest absolute Gasteiger partial charge is 0.482 e. The van der Waals surface area contributed by atoms with E-state index in [1.807, 2.05) is 19.9 Å². The van der Waals surface area contributed by atoms with E-state index in [1.54, 1.807) is 12.1 Å². The Morgan fingerprint density at radius 2 is 2.25 bits per heavy atom. The Morgan fingerprint density at radius 1 is 1.56 bits per heavy atom. The molecule has 88 valence electrons. The molecule has 1 aromatic carbocycles. The Kier molecular flexibility index (Phi) is 5.09. The summed E-state index contributed by atoms with van der Waals surface area (Å²) in [5.41, 5.74) is 0. The summed E-state index contributed by atoms with van der Waals surface area (Å²) in [6.45, 7) is 3.75. The fourth-order valence-electron chi connectivity index (χ4n) is 1.09. The van der Waals surface area contributed by atoms with Gasteiger partial charge in [0.15, 0.2) is 6.61 Å². The maximum absolute atomic E-state index is 11.3. The second-order valence-corrected chi connectivity index (χ2v) is 4.91. The van der Waals surface area contributed by atoms with Crippen molar-refractivity contribution in [2.45, 2.75) is 19.9 Å². The molecule has 0 bridgehead atoms. The fourth-order valence-corrected chi connectivity index (χ4v) is 1.61. The summed E-state index contributed by atoms with van der Waals surface area (Å²) >= 11 is 9.21. The minimum atomic E-state index is -0.161. The Balaban J connectivity index is 2.54. The van der Waals surface area contributed by atoms with Gasteiger partial charge in [-0.25, -0.2) is 0 Å². The number of halogens is 2. The molecule has 0 heterocycles. The first-order valence-corrected chi connectivity index (χ1v) is 6.03. The van der Waals surface area contributed by atoms with Crippen LogP contribution in [0.15, 0.2) is 22.7 Å². The van der Waals surface area contributed by atoms with E-state index >= 15 is 0 Å². The highest BCUT2D eigenvalue weighted by molar-refractivity contribution is 9.10. The number of rotatable bonds is 4. The van der Waals surface area contributed by atoms with Crippen LogP contribution in [0.2, 0.25) is 5.02 Å². The molecule has 0 aliphatic rings. The average Bonchev–Trinajstić information content (AvgIpc) is 2.18. The van der Waals surface area contributed by atoms with Gasteiger partial charge in [-0.15, -0.1) is 0 Å². The fraction of sp³-hybridized carbons (Fsp3) is 0.364. The summed E-state index contributed by atoms with van der Waals surface area (Å²) < 4.78 is 6.16. The van der Waals surface area contributed by atoms with E-state index in [0.717, 1.165) is 4.47 Å². The highest BCUT2D eigenvalue weighted by Gasteiger charge is 2.07. The maximum atomic E-state index is 11.3. The molecule has 0 spiro atoms. The first-order chi connectivity index (χ1) is 7.49. The molecular weight excluding hydrogens is 293 g/mol. The van der Waals surface area contributed by atoms with Crippen molar-refractivity contribution >= 4 is 33.4 Å². The van der Waals surface area contributed by atoms with Crippen molar-refractivity contribution in [3.05, 3.63) is 27.7 Å². The normalized spacial score (nSPS) is 10.3. The van der Waals surface area contributed by atoms with Crippen LogP contribution in [0.1, 0.15) is 13.8 Å². The number of carbonyl (C=O) groups excluding carboxylic acids is 1. The van der Waals surface area contributed by atoms with Gasteiger partial charge in [0.1, 0.15) is 5.75 Å². The first kappa shape index (κ1) is 13.3. The Hall–Kier alpha value is -0.740. The molecule has 1 rings (SSSR count).